The van der Waals surface area contributed by atoms with Crippen molar-refractivity contribution in [3.05, 3.63) is 0 Å². The molecule has 4 atom stereocenters. The van der Waals surface area contributed by atoms with Gasteiger partial charge in [-0.05, 0) is 56.3 Å². The minimum atomic E-state index is -0.620. The standard InChI is InChI=1S/C15H30O2/c1-6-15(5,17)10-11-9-12(14(2,3)4)7-8-13(11)16/h11-13,16-17H,6-10H2,1-5H3. The summed E-state index contributed by atoms with van der Waals surface area (Å²) < 4.78 is 0. The second kappa shape index (κ2) is 5.27. The molecule has 0 amide bonds. The monoisotopic (exact) mass is 242 g/mol. The summed E-state index contributed by atoms with van der Waals surface area (Å²) in [7, 11) is 0. The maximum absolute atomic E-state index is 10.2. The molecule has 0 aromatic heterocycles. The van der Waals surface area contributed by atoms with E-state index >= 15 is 0 Å². The normalized spacial score (nSPS) is 34.4. The highest BCUT2D eigenvalue weighted by Crippen LogP contribution is 2.42. The Kier molecular flexibility index (Phi) is 4.65. The fourth-order valence-electron chi connectivity index (χ4n) is 2.96. The van der Waals surface area contributed by atoms with Crippen LogP contribution < -0.4 is 0 Å². The van der Waals surface area contributed by atoms with E-state index in [1.54, 1.807) is 0 Å². The molecule has 2 heteroatoms. The van der Waals surface area contributed by atoms with Crippen molar-refractivity contribution in [1.82, 2.24) is 0 Å². The third kappa shape index (κ3) is 4.26. The molecule has 1 rings (SSSR count). The van der Waals surface area contributed by atoms with E-state index in [4.69, 9.17) is 0 Å². The molecule has 0 aliphatic heterocycles. The fourth-order valence-corrected chi connectivity index (χ4v) is 2.96. The third-order valence-corrected chi connectivity index (χ3v) is 4.63. The molecule has 4 unspecified atom stereocenters. The minimum absolute atomic E-state index is 0.216. The Bertz CT molecular complexity index is 240. The average Bonchev–Trinajstić information content (AvgIpc) is 2.19. The van der Waals surface area contributed by atoms with Gasteiger partial charge in [-0.15, -0.1) is 0 Å². The van der Waals surface area contributed by atoms with E-state index in [0.717, 1.165) is 32.1 Å². The zero-order valence-corrected chi connectivity index (χ0v) is 12.2. The molecule has 2 nitrogen and oxygen atoms in total. The van der Waals surface area contributed by atoms with Crippen LogP contribution in [-0.4, -0.2) is 21.9 Å². The van der Waals surface area contributed by atoms with E-state index in [2.05, 4.69) is 20.8 Å². The number of rotatable bonds is 3. The molecule has 0 spiro atoms. The van der Waals surface area contributed by atoms with Crippen molar-refractivity contribution in [3.63, 3.8) is 0 Å². The molecule has 1 aliphatic carbocycles. The zero-order chi connectivity index (χ0) is 13.3. The molecule has 17 heavy (non-hydrogen) atoms. The van der Waals surface area contributed by atoms with E-state index in [1.165, 1.54) is 0 Å². The first kappa shape index (κ1) is 15.0. The molecular formula is C15H30O2. The van der Waals surface area contributed by atoms with Crippen LogP contribution in [0, 0.1) is 17.3 Å². The SMILES string of the molecule is CCC(C)(O)CC1CC(C(C)(C)C)CCC1O. The summed E-state index contributed by atoms with van der Waals surface area (Å²) in [5.41, 5.74) is -0.304. The van der Waals surface area contributed by atoms with E-state index in [-0.39, 0.29) is 12.0 Å². The van der Waals surface area contributed by atoms with Crippen LogP contribution in [-0.2, 0) is 0 Å². The summed E-state index contributed by atoms with van der Waals surface area (Å²) >= 11 is 0. The molecule has 0 aromatic rings. The molecule has 0 saturated heterocycles. The fraction of sp³-hybridized carbons (Fsp3) is 1.00. The highest BCUT2D eigenvalue weighted by Gasteiger charge is 2.37. The van der Waals surface area contributed by atoms with Crippen LogP contribution in [0.25, 0.3) is 0 Å². The van der Waals surface area contributed by atoms with Gasteiger partial charge in [0.05, 0.1) is 11.7 Å². The molecule has 2 N–H and O–H groups in total. The Morgan fingerprint density at radius 2 is 1.71 bits per heavy atom. The molecule has 0 bridgehead atoms. The summed E-state index contributed by atoms with van der Waals surface area (Å²) in [6.07, 6.45) is 4.35. The van der Waals surface area contributed by atoms with Crippen molar-refractivity contribution >= 4 is 0 Å². The summed E-state index contributed by atoms with van der Waals surface area (Å²) in [4.78, 5) is 0. The van der Waals surface area contributed by atoms with Crippen molar-refractivity contribution in [1.29, 1.82) is 0 Å². The van der Waals surface area contributed by atoms with Gasteiger partial charge in [-0.25, -0.2) is 0 Å². The highest BCUT2D eigenvalue weighted by atomic mass is 16.3. The first-order valence-electron chi connectivity index (χ1n) is 7.06. The second-order valence-corrected chi connectivity index (χ2v) is 7.26. The first-order chi connectivity index (χ1) is 7.65. The smallest absolute Gasteiger partial charge is 0.0620 e. The quantitative estimate of drug-likeness (QED) is 0.796. The average molecular weight is 242 g/mol. The van der Waals surface area contributed by atoms with Gasteiger partial charge in [0.25, 0.3) is 0 Å². The van der Waals surface area contributed by atoms with E-state index in [9.17, 15) is 10.2 Å². The van der Waals surface area contributed by atoms with E-state index < -0.39 is 5.60 Å². The maximum atomic E-state index is 10.2. The summed E-state index contributed by atoms with van der Waals surface area (Å²) in [6.45, 7) is 10.7. The summed E-state index contributed by atoms with van der Waals surface area (Å²) in [5, 5.41) is 20.3. The Morgan fingerprint density at radius 3 is 2.18 bits per heavy atom. The number of hydrogen-bond acceptors (Lipinski definition) is 2. The van der Waals surface area contributed by atoms with Gasteiger partial charge in [0, 0.05) is 0 Å². The number of hydrogen-bond donors (Lipinski definition) is 2. The lowest BCUT2D eigenvalue weighted by Gasteiger charge is -2.42. The Morgan fingerprint density at radius 1 is 1.12 bits per heavy atom. The van der Waals surface area contributed by atoms with Crippen LogP contribution in [0.3, 0.4) is 0 Å². The zero-order valence-electron chi connectivity index (χ0n) is 12.2. The van der Waals surface area contributed by atoms with Gasteiger partial charge in [-0.2, -0.15) is 0 Å². The van der Waals surface area contributed by atoms with Crippen molar-refractivity contribution in [2.24, 2.45) is 17.3 Å². The van der Waals surface area contributed by atoms with Gasteiger partial charge in [-0.1, -0.05) is 27.7 Å². The molecule has 0 heterocycles. The highest BCUT2D eigenvalue weighted by molar-refractivity contribution is 4.88. The van der Waals surface area contributed by atoms with Gasteiger partial charge < -0.3 is 10.2 Å². The molecule has 1 fully saturated rings. The van der Waals surface area contributed by atoms with Crippen LogP contribution in [0.5, 0.6) is 0 Å². The molecule has 0 radical (unpaired) electrons. The van der Waals surface area contributed by atoms with Crippen LogP contribution in [0.4, 0.5) is 0 Å². The Hall–Kier alpha value is -0.0800. The van der Waals surface area contributed by atoms with Crippen molar-refractivity contribution < 1.29 is 10.2 Å². The Balaban J connectivity index is 2.64. The third-order valence-electron chi connectivity index (χ3n) is 4.63. The summed E-state index contributed by atoms with van der Waals surface area (Å²) in [6, 6.07) is 0. The molecule has 1 saturated carbocycles. The molecule has 1 aliphatic rings. The second-order valence-electron chi connectivity index (χ2n) is 7.26. The number of aliphatic hydroxyl groups excluding tert-OH is 1. The lowest BCUT2D eigenvalue weighted by molar-refractivity contribution is -0.0376. The van der Waals surface area contributed by atoms with Crippen LogP contribution in [0.15, 0.2) is 0 Å². The minimum Gasteiger partial charge on any atom is -0.393 e. The van der Waals surface area contributed by atoms with Crippen LogP contribution in [0.2, 0.25) is 0 Å². The number of aliphatic hydroxyl groups is 2. The largest absolute Gasteiger partial charge is 0.393 e. The van der Waals surface area contributed by atoms with Crippen molar-refractivity contribution in [3.8, 4) is 0 Å². The Labute approximate surface area is 106 Å². The maximum Gasteiger partial charge on any atom is 0.0620 e. The predicted octanol–water partition coefficient (Wildman–Crippen LogP) is 3.36. The van der Waals surface area contributed by atoms with Gasteiger partial charge in [0.1, 0.15) is 0 Å². The molecule has 0 aromatic carbocycles. The predicted molar refractivity (Wildman–Crippen MR) is 71.8 cm³/mol. The molecular weight excluding hydrogens is 212 g/mol. The van der Waals surface area contributed by atoms with Gasteiger partial charge in [0.2, 0.25) is 0 Å². The lowest BCUT2D eigenvalue weighted by Crippen LogP contribution is -2.39. The van der Waals surface area contributed by atoms with Crippen molar-refractivity contribution in [2.45, 2.75) is 78.4 Å². The van der Waals surface area contributed by atoms with Gasteiger partial charge in [0.15, 0.2) is 0 Å². The van der Waals surface area contributed by atoms with Crippen molar-refractivity contribution in [2.75, 3.05) is 0 Å². The van der Waals surface area contributed by atoms with Gasteiger partial charge in [-0.3, -0.25) is 0 Å². The molecule has 102 valence electrons. The van der Waals surface area contributed by atoms with Crippen LogP contribution in [0.1, 0.15) is 66.7 Å². The lowest BCUT2D eigenvalue weighted by atomic mass is 9.66. The van der Waals surface area contributed by atoms with Gasteiger partial charge >= 0.3 is 0 Å². The topological polar surface area (TPSA) is 40.5 Å². The first-order valence-corrected chi connectivity index (χ1v) is 7.06. The van der Waals surface area contributed by atoms with E-state index in [1.807, 2.05) is 13.8 Å². The van der Waals surface area contributed by atoms with Crippen LogP contribution >= 0.6 is 0 Å². The summed E-state index contributed by atoms with van der Waals surface area (Å²) in [5.74, 6) is 0.937. The van der Waals surface area contributed by atoms with E-state index in [0.29, 0.717) is 11.3 Å².